The molecule has 2 aromatic heterocycles. The van der Waals surface area contributed by atoms with Crippen LogP contribution in [0, 0.1) is 13.8 Å². The van der Waals surface area contributed by atoms with Gasteiger partial charge in [0.05, 0.1) is 18.3 Å². The number of carbonyl (C=O) groups excluding carboxylic acids is 1. The number of hydrogen-bond donors (Lipinski definition) is 0. The number of hydrogen-bond acceptors (Lipinski definition) is 4. The van der Waals surface area contributed by atoms with E-state index in [-0.39, 0.29) is 17.9 Å². The molecule has 0 spiro atoms. The van der Waals surface area contributed by atoms with Gasteiger partial charge in [0.15, 0.2) is 5.78 Å². The Labute approximate surface area is 151 Å². The maximum Gasteiger partial charge on any atom is 0.262 e. The largest absolute Gasteiger partial charge is 0.292 e. The van der Waals surface area contributed by atoms with Gasteiger partial charge in [-0.2, -0.15) is 0 Å². The van der Waals surface area contributed by atoms with Crippen molar-refractivity contribution in [3.8, 4) is 0 Å². The van der Waals surface area contributed by atoms with Gasteiger partial charge in [0.25, 0.3) is 5.56 Å². The summed E-state index contributed by atoms with van der Waals surface area (Å²) in [6, 6.07) is 7.69. The van der Waals surface area contributed by atoms with Gasteiger partial charge in [-0.1, -0.05) is 38.1 Å². The number of benzene rings is 1. The number of thiophene rings is 1. The van der Waals surface area contributed by atoms with E-state index < -0.39 is 0 Å². The highest BCUT2D eigenvalue weighted by Gasteiger charge is 2.14. The Morgan fingerprint density at radius 1 is 1.24 bits per heavy atom. The van der Waals surface area contributed by atoms with Crippen molar-refractivity contribution in [2.75, 3.05) is 0 Å². The second kappa shape index (κ2) is 6.92. The van der Waals surface area contributed by atoms with Crippen molar-refractivity contribution in [2.45, 2.75) is 46.6 Å². The molecule has 0 bridgehead atoms. The minimum Gasteiger partial charge on any atom is -0.292 e. The van der Waals surface area contributed by atoms with Crippen molar-refractivity contribution in [2.24, 2.45) is 0 Å². The first-order valence-electron chi connectivity index (χ1n) is 8.50. The molecule has 0 saturated carbocycles. The van der Waals surface area contributed by atoms with Crippen molar-refractivity contribution in [1.82, 2.24) is 9.55 Å². The van der Waals surface area contributed by atoms with Crippen molar-refractivity contribution >= 4 is 27.3 Å². The van der Waals surface area contributed by atoms with Crippen LogP contribution in [0.25, 0.3) is 10.2 Å². The zero-order chi connectivity index (χ0) is 18.1. The number of aromatic nitrogens is 2. The summed E-state index contributed by atoms with van der Waals surface area (Å²) in [5.74, 6) is 0.395. The van der Waals surface area contributed by atoms with Gasteiger partial charge in [-0.25, -0.2) is 4.98 Å². The van der Waals surface area contributed by atoms with E-state index in [1.807, 2.05) is 38.1 Å². The first kappa shape index (κ1) is 17.5. The normalized spacial score (nSPS) is 12.5. The van der Waals surface area contributed by atoms with Crippen LogP contribution in [0.4, 0.5) is 0 Å². The number of rotatable bonds is 5. The van der Waals surface area contributed by atoms with Gasteiger partial charge in [-0.3, -0.25) is 14.2 Å². The highest BCUT2D eigenvalue weighted by molar-refractivity contribution is 7.18. The summed E-state index contributed by atoms with van der Waals surface area (Å²) in [6.45, 7) is 8.24. The standard InChI is InChI=1S/C20H22N2O2S/c1-5-12(2)15-6-8-16(9-7-15)17(23)10-22-11-21-19-18(20(22)24)13(3)14(4)25-19/h6-9,11-12H,5,10H2,1-4H3/t12-/m0/s1. The summed E-state index contributed by atoms with van der Waals surface area (Å²) in [7, 11) is 0. The lowest BCUT2D eigenvalue weighted by Gasteiger charge is -2.10. The summed E-state index contributed by atoms with van der Waals surface area (Å²) in [4.78, 5) is 31.4. The molecule has 25 heavy (non-hydrogen) atoms. The highest BCUT2D eigenvalue weighted by atomic mass is 32.1. The van der Waals surface area contributed by atoms with Crippen LogP contribution in [0.1, 0.15) is 52.5 Å². The lowest BCUT2D eigenvalue weighted by molar-refractivity contribution is 0.0970. The molecular weight excluding hydrogens is 332 g/mol. The Balaban J connectivity index is 1.88. The predicted octanol–water partition coefficient (Wildman–Crippen LogP) is 4.47. The minimum absolute atomic E-state index is 0.0127. The molecule has 0 N–H and O–H groups in total. The molecule has 5 heteroatoms. The van der Waals surface area contributed by atoms with E-state index in [9.17, 15) is 9.59 Å². The predicted molar refractivity (Wildman–Crippen MR) is 103 cm³/mol. The number of carbonyl (C=O) groups is 1. The van der Waals surface area contributed by atoms with Crippen molar-refractivity contribution in [3.63, 3.8) is 0 Å². The zero-order valence-corrected chi connectivity index (χ0v) is 15.8. The molecule has 0 unspecified atom stereocenters. The monoisotopic (exact) mass is 354 g/mol. The smallest absolute Gasteiger partial charge is 0.262 e. The summed E-state index contributed by atoms with van der Waals surface area (Å²) in [5, 5.41) is 0.630. The highest BCUT2D eigenvalue weighted by Crippen LogP contribution is 2.25. The molecule has 0 aliphatic rings. The fourth-order valence-electron chi connectivity index (χ4n) is 2.86. The number of ketones is 1. The summed E-state index contributed by atoms with van der Waals surface area (Å²) >= 11 is 1.51. The van der Waals surface area contributed by atoms with Crippen LogP contribution in [0.2, 0.25) is 0 Å². The first-order valence-corrected chi connectivity index (χ1v) is 9.32. The molecule has 4 nitrogen and oxygen atoms in total. The molecular formula is C20H22N2O2S. The van der Waals surface area contributed by atoms with Gasteiger partial charge in [0.2, 0.25) is 0 Å². The molecule has 2 heterocycles. The third-order valence-electron chi connectivity index (χ3n) is 4.88. The SMILES string of the molecule is CC[C@H](C)c1ccc(C(=O)Cn2cnc3sc(C)c(C)c3c2=O)cc1. The van der Waals surface area contributed by atoms with E-state index in [1.54, 1.807) is 0 Å². The van der Waals surface area contributed by atoms with Gasteiger partial charge in [-0.05, 0) is 37.3 Å². The second-order valence-corrected chi connectivity index (χ2v) is 7.70. The number of aryl methyl sites for hydroxylation is 2. The first-order chi connectivity index (χ1) is 11.9. The molecule has 3 aromatic rings. The van der Waals surface area contributed by atoms with Crippen LogP contribution in [-0.2, 0) is 6.54 Å². The van der Waals surface area contributed by atoms with Crippen molar-refractivity contribution < 1.29 is 4.79 Å². The number of fused-ring (bicyclic) bond motifs is 1. The van der Waals surface area contributed by atoms with E-state index in [4.69, 9.17) is 0 Å². The fraction of sp³-hybridized carbons (Fsp3) is 0.350. The van der Waals surface area contributed by atoms with E-state index >= 15 is 0 Å². The fourth-order valence-corrected chi connectivity index (χ4v) is 3.85. The maximum atomic E-state index is 12.7. The molecule has 130 valence electrons. The van der Waals surface area contributed by atoms with E-state index in [2.05, 4.69) is 18.8 Å². The molecule has 0 radical (unpaired) electrons. The van der Waals surface area contributed by atoms with E-state index in [0.29, 0.717) is 16.9 Å². The Kier molecular flexibility index (Phi) is 4.86. The molecule has 1 atom stereocenters. The third-order valence-corrected chi connectivity index (χ3v) is 6.00. The zero-order valence-electron chi connectivity index (χ0n) is 15.0. The number of nitrogens with zero attached hydrogens (tertiary/aromatic N) is 2. The van der Waals surface area contributed by atoms with Gasteiger partial charge >= 0.3 is 0 Å². The Bertz CT molecular complexity index is 983. The lowest BCUT2D eigenvalue weighted by Crippen LogP contribution is -2.24. The van der Waals surface area contributed by atoms with E-state index in [0.717, 1.165) is 21.7 Å². The van der Waals surface area contributed by atoms with Gasteiger partial charge in [0, 0.05) is 10.4 Å². The Morgan fingerprint density at radius 2 is 1.92 bits per heavy atom. The quantitative estimate of drug-likeness (QED) is 0.635. The van der Waals surface area contributed by atoms with Crippen LogP contribution in [0.5, 0.6) is 0 Å². The molecule has 0 saturated heterocycles. The summed E-state index contributed by atoms with van der Waals surface area (Å²) in [5.41, 5.74) is 2.66. The van der Waals surface area contributed by atoms with Gasteiger partial charge in [0.1, 0.15) is 4.83 Å². The average Bonchev–Trinajstić information content (AvgIpc) is 2.91. The van der Waals surface area contributed by atoms with Crippen LogP contribution >= 0.6 is 11.3 Å². The molecule has 0 amide bonds. The van der Waals surface area contributed by atoms with Crippen molar-refractivity contribution in [3.05, 3.63) is 62.5 Å². The molecule has 0 aliphatic carbocycles. The van der Waals surface area contributed by atoms with Crippen LogP contribution in [0.15, 0.2) is 35.4 Å². The maximum absolute atomic E-state index is 12.7. The van der Waals surface area contributed by atoms with Crippen LogP contribution < -0.4 is 5.56 Å². The summed E-state index contributed by atoms with van der Waals surface area (Å²) in [6.07, 6.45) is 2.54. The van der Waals surface area contributed by atoms with Crippen LogP contribution in [-0.4, -0.2) is 15.3 Å². The average molecular weight is 354 g/mol. The minimum atomic E-state index is -0.142. The number of Topliss-reactive ketones (excluding diaryl/α,β-unsaturated/α-hetero) is 1. The lowest BCUT2D eigenvalue weighted by atomic mass is 9.97. The third kappa shape index (κ3) is 3.29. The van der Waals surface area contributed by atoms with E-state index in [1.165, 1.54) is 27.8 Å². The molecule has 0 fully saturated rings. The Hall–Kier alpha value is -2.27. The topological polar surface area (TPSA) is 52.0 Å². The molecule has 1 aromatic carbocycles. The van der Waals surface area contributed by atoms with Gasteiger partial charge < -0.3 is 0 Å². The second-order valence-electron chi connectivity index (χ2n) is 6.50. The Morgan fingerprint density at radius 3 is 2.56 bits per heavy atom. The van der Waals surface area contributed by atoms with Gasteiger partial charge in [-0.15, -0.1) is 11.3 Å². The van der Waals surface area contributed by atoms with Crippen LogP contribution in [0.3, 0.4) is 0 Å². The molecule has 0 aliphatic heterocycles. The summed E-state index contributed by atoms with van der Waals surface area (Å²) < 4.78 is 1.41. The molecule has 3 rings (SSSR count). The van der Waals surface area contributed by atoms with Crippen molar-refractivity contribution in [1.29, 1.82) is 0 Å².